The molecule has 2 rings (SSSR count). The van der Waals surface area contributed by atoms with Gasteiger partial charge in [-0.2, -0.15) is 0 Å². The molecule has 0 heterocycles. The molecule has 0 bridgehead atoms. The fraction of sp³-hybridized carbons (Fsp3) is 0.481. The lowest BCUT2D eigenvalue weighted by molar-refractivity contribution is -0.143. The van der Waals surface area contributed by atoms with Crippen LogP contribution in [0.4, 0.5) is 0 Å². The Bertz CT molecular complexity index is 971. The number of amides is 2. The van der Waals surface area contributed by atoms with Crippen molar-refractivity contribution in [2.45, 2.75) is 78.4 Å². The maximum atomic E-state index is 13.3. The van der Waals surface area contributed by atoms with Crippen molar-refractivity contribution >= 4 is 35.0 Å². The van der Waals surface area contributed by atoms with E-state index in [2.05, 4.69) is 26.1 Å². The number of nitrogens with one attached hydrogen (secondary N) is 1. The van der Waals surface area contributed by atoms with Crippen LogP contribution < -0.4 is 10.1 Å². The predicted octanol–water partition coefficient (Wildman–Crippen LogP) is 6.39. The summed E-state index contributed by atoms with van der Waals surface area (Å²) >= 11 is 12.2. The minimum atomic E-state index is -0.636. The van der Waals surface area contributed by atoms with E-state index in [0.29, 0.717) is 22.2 Å². The van der Waals surface area contributed by atoms with Crippen molar-refractivity contribution in [2.75, 3.05) is 6.61 Å². The highest BCUT2D eigenvalue weighted by Gasteiger charge is 2.29. The van der Waals surface area contributed by atoms with Gasteiger partial charge >= 0.3 is 0 Å². The molecule has 0 aliphatic rings. The Hall–Kier alpha value is -2.24. The number of carbonyl (C=O) groups excluding carboxylic acids is 2. The van der Waals surface area contributed by atoms with Crippen molar-refractivity contribution in [1.29, 1.82) is 0 Å². The number of hydrogen-bond donors (Lipinski definition) is 1. The van der Waals surface area contributed by atoms with E-state index in [1.807, 2.05) is 45.0 Å². The Kier molecular flexibility index (Phi) is 10.3. The van der Waals surface area contributed by atoms with Gasteiger partial charge in [-0.25, -0.2) is 0 Å². The maximum absolute atomic E-state index is 13.3. The van der Waals surface area contributed by atoms with Crippen LogP contribution in [0.15, 0.2) is 42.5 Å². The quantitative estimate of drug-likeness (QED) is 0.405. The zero-order valence-corrected chi connectivity index (χ0v) is 22.5. The highest BCUT2D eigenvalue weighted by atomic mass is 35.5. The van der Waals surface area contributed by atoms with Crippen molar-refractivity contribution in [2.24, 2.45) is 0 Å². The molecule has 0 aromatic heterocycles. The van der Waals surface area contributed by atoms with Crippen LogP contribution in [0.2, 0.25) is 10.0 Å². The van der Waals surface area contributed by atoms with E-state index in [0.717, 1.165) is 12.0 Å². The Labute approximate surface area is 213 Å². The number of hydrogen-bond acceptors (Lipinski definition) is 3. The fourth-order valence-electron chi connectivity index (χ4n) is 3.47. The smallest absolute Gasteiger partial charge is 0.261 e. The number of nitrogens with zero attached hydrogens (tertiary/aromatic N) is 1. The number of halogens is 2. The SMILES string of the molecule is CCC(C)NC(=O)C(CC)N(Cc1ccc(Cl)c(Cl)c1)C(=O)COc1ccc(C(C)(C)C)cc1. The lowest BCUT2D eigenvalue weighted by atomic mass is 9.87. The number of rotatable bonds is 10. The van der Waals surface area contributed by atoms with Gasteiger partial charge in [-0.3, -0.25) is 9.59 Å². The second-order valence-corrected chi connectivity index (χ2v) is 10.4. The second-order valence-electron chi connectivity index (χ2n) is 9.58. The van der Waals surface area contributed by atoms with E-state index < -0.39 is 6.04 Å². The first-order valence-corrected chi connectivity index (χ1v) is 12.5. The van der Waals surface area contributed by atoms with E-state index >= 15 is 0 Å². The molecule has 34 heavy (non-hydrogen) atoms. The molecular weight excluding hydrogens is 471 g/mol. The Morgan fingerprint density at radius 2 is 1.65 bits per heavy atom. The summed E-state index contributed by atoms with van der Waals surface area (Å²) in [5.41, 5.74) is 2.00. The van der Waals surface area contributed by atoms with Crippen molar-refractivity contribution in [1.82, 2.24) is 10.2 Å². The van der Waals surface area contributed by atoms with Gasteiger partial charge in [0.05, 0.1) is 10.0 Å². The van der Waals surface area contributed by atoms with Crippen LogP contribution in [-0.4, -0.2) is 35.4 Å². The van der Waals surface area contributed by atoms with Crippen molar-refractivity contribution < 1.29 is 14.3 Å². The number of benzene rings is 2. The van der Waals surface area contributed by atoms with Crippen LogP contribution in [0.25, 0.3) is 0 Å². The summed E-state index contributed by atoms with van der Waals surface area (Å²) in [5, 5.41) is 3.83. The molecule has 0 radical (unpaired) electrons. The lowest BCUT2D eigenvalue weighted by Gasteiger charge is -2.31. The molecule has 2 atom stereocenters. The Morgan fingerprint density at radius 3 is 2.18 bits per heavy atom. The molecule has 0 saturated carbocycles. The number of ether oxygens (including phenoxy) is 1. The van der Waals surface area contributed by atoms with Crippen LogP contribution in [0.1, 0.15) is 65.5 Å². The predicted molar refractivity (Wildman–Crippen MR) is 140 cm³/mol. The van der Waals surface area contributed by atoms with Gasteiger partial charge in [0.25, 0.3) is 5.91 Å². The summed E-state index contributed by atoms with van der Waals surface area (Å²) in [6.45, 7) is 12.3. The van der Waals surface area contributed by atoms with Crippen LogP contribution >= 0.6 is 23.2 Å². The number of carbonyl (C=O) groups is 2. The molecule has 1 N–H and O–H groups in total. The van der Waals surface area contributed by atoms with Crippen LogP contribution in [0.3, 0.4) is 0 Å². The van der Waals surface area contributed by atoms with Crippen LogP contribution in [-0.2, 0) is 21.5 Å². The molecule has 0 spiro atoms. The van der Waals surface area contributed by atoms with E-state index in [-0.39, 0.29) is 36.4 Å². The van der Waals surface area contributed by atoms with Crippen molar-refractivity contribution in [3.8, 4) is 5.75 Å². The highest BCUT2D eigenvalue weighted by molar-refractivity contribution is 6.42. The van der Waals surface area contributed by atoms with Gasteiger partial charge in [-0.15, -0.1) is 0 Å². The topological polar surface area (TPSA) is 58.6 Å². The molecule has 2 aromatic carbocycles. The van der Waals surface area contributed by atoms with Gasteiger partial charge in [0.15, 0.2) is 6.61 Å². The molecule has 2 amide bonds. The van der Waals surface area contributed by atoms with Gasteiger partial charge < -0.3 is 15.0 Å². The summed E-state index contributed by atoms with van der Waals surface area (Å²) in [7, 11) is 0. The first-order chi connectivity index (χ1) is 16.0. The van der Waals surface area contributed by atoms with E-state index in [1.165, 1.54) is 5.56 Å². The monoisotopic (exact) mass is 506 g/mol. The average Bonchev–Trinajstić information content (AvgIpc) is 2.79. The van der Waals surface area contributed by atoms with Gasteiger partial charge in [-0.05, 0) is 60.6 Å². The van der Waals surface area contributed by atoms with E-state index in [9.17, 15) is 9.59 Å². The third-order valence-electron chi connectivity index (χ3n) is 5.81. The minimum absolute atomic E-state index is 0.0149. The zero-order valence-electron chi connectivity index (χ0n) is 21.0. The molecule has 0 aliphatic carbocycles. The first kappa shape index (κ1) is 28.0. The third-order valence-corrected chi connectivity index (χ3v) is 6.55. The molecule has 0 saturated heterocycles. The van der Waals surface area contributed by atoms with Gasteiger partial charge in [0.1, 0.15) is 11.8 Å². The fourth-order valence-corrected chi connectivity index (χ4v) is 3.80. The summed E-state index contributed by atoms with van der Waals surface area (Å²) in [6.07, 6.45) is 1.27. The maximum Gasteiger partial charge on any atom is 0.261 e. The Balaban J connectivity index is 2.23. The molecule has 7 heteroatoms. The molecule has 0 aliphatic heterocycles. The average molecular weight is 508 g/mol. The van der Waals surface area contributed by atoms with Gasteiger partial charge in [-0.1, -0.05) is 76.0 Å². The normalized spacial score (nSPS) is 13.2. The summed E-state index contributed by atoms with van der Waals surface area (Å²) < 4.78 is 5.80. The zero-order chi connectivity index (χ0) is 25.5. The standard InChI is InChI=1S/C27H36Cl2N2O3/c1-7-18(3)30-26(33)24(8-2)31(16-19-9-14-22(28)23(29)15-19)25(32)17-34-21-12-10-20(11-13-21)27(4,5)6/h9-15,18,24H,7-8,16-17H2,1-6H3,(H,30,33). The van der Waals surface area contributed by atoms with Gasteiger partial charge in [0, 0.05) is 12.6 Å². The molecule has 2 unspecified atom stereocenters. The molecular formula is C27H36Cl2N2O3. The highest BCUT2D eigenvalue weighted by Crippen LogP contribution is 2.25. The van der Waals surface area contributed by atoms with Gasteiger partial charge in [0.2, 0.25) is 5.91 Å². The Morgan fingerprint density at radius 1 is 1.00 bits per heavy atom. The molecule has 5 nitrogen and oxygen atoms in total. The summed E-state index contributed by atoms with van der Waals surface area (Å²) in [6, 6.07) is 12.3. The summed E-state index contributed by atoms with van der Waals surface area (Å²) in [4.78, 5) is 27.9. The lowest BCUT2D eigenvalue weighted by Crippen LogP contribution is -2.51. The van der Waals surface area contributed by atoms with Crippen LogP contribution in [0.5, 0.6) is 5.75 Å². The third kappa shape index (κ3) is 7.92. The second kappa shape index (κ2) is 12.5. The van der Waals surface area contributed by atoms with E-state index in [1.54, 1.807) is 23.1 Å². The molecule has 0 fully saturated rings. The van der Waals surface area contributed by atoms with Crippen LogP contribution in [0, 0.1) is 0 Å². The van der Waals surface area contributed by atoms with E-state index in [4.69, 9.17) is 27.9 Å². The summed E-state index contributed by atoms with van der Waals surface area (Å²) in [5.74, 6) is 0.143. The minimum Gasteiger partial charge on any atom is -0.484 e. The largest absolute Gasteiger partial charge is 0.484 e. The molecule has 2 aromatic rings. The van der Waals surface area contributed by atoms with Crippen molar-refractivity contribution in [3.05, 3.63) is 63.6 Å². The molecule has 186 valence electrons. The first-order valence-electron chi connectivity index (χ1n) is 11.7. The van der Waals surface area contributed by atoms with Crippen molar-refractivity contribution in [3.63, 3.8) is 0 Å².